The molecule has 0 radical (unpaired) electrons. The van der Waals surface area contributed by atoms with Crippen LogP contribution in [0.15, 0.2) is 77.7 Å². The lowest BCUT2D eigenvalue weighted by molar-refractivity contribution is -0.120. The van der Waals surface area contributed by atoms with Crippen molar-refractivity contribution in [3.05, 3.63) is 78.4 Å². The van der Waals surface area contributed by atoms with E-state index in [4.69, 9.17) is 9.47 Å². The molecule has 3 aromatic carbocycles. The number of ether oxygens (including phenoxy) is 2. The maximum absolute atomic E-state index is 13.6. The van der Waals surface area contributed by atoms with Gasteiger partial charge >= 0.3 is 0 Å². The molecule has 0 atom stereocenters. The van der Waals surface area contributed by atoms with Crippen molar-refractivity contribution in [3.63, 3.8) is 0 Å². The van der Waals surface area contributed by atoms with E-state index in [0.717, 1.165) is 22.0 Å². The number of nitrogens with one attached hydrogen (secondary N) is 1. The quantitative estimate of drug-likeness (QED) is 0.437. The molecule has 194 valence electrons. The van der Waals surface area contributed by atoms with E-state index in [1.165, 1.54) is 32.4 Å². The number of hydrogen-bond acceptors (Lipinski definition) is 6. The van der Waals surface area contributed by atoms with Gasteiger partial charge < -0.3 is 19.7 Å². The molecule has 0 saturated carbocycles. The van der Waals surface area contributed by atoms with Crippen LogP contribution in [0.25, 0.3) is 0 Å². The first-order valence-corrected chi connectivity index (χ1v) is 13.2. The van der Waals surface area contributed by atoms with Crippen LogP contribution >= 0.6 is 0 Å². The maximum atomic E-state index is 13.6. The summed E-state index contributed by atoms with van der Waals surface area (Å²) in [6, 6.07) is 20.0. The van der Waals surface area contributed by atoms with Gasteiger partial charge in [-0.15, -0.1) is 0 Å². The van der Waals surface area contributed by atoms with E-state index in [9.17, 15) is 18.0 Å². The van der Waals surface area contributed by atoms with Crippen LogP contribution < -0.4 is 24.0 Å². The van der Waals surface area contributed by atoms with E-state index in [1.807, 2.05) is 24.3 Å². The number of carbonyl (C=O) groups excluding carboxylic acids is 2. The van der Waals surface area contributed by atoms with Crippen molar-refractivity contribution in [2.75, 3.05) is 36.5 Å². The van der Waals surface area contributed by atoms with E-state index in [0.29, 0.717) is 24.5 Å². The highest BCUT2D eigenvalue weighted by Crippen LogP contribution is 2.33. The summed E-state index contributed by atoms with van der Waals surface area (Å²) < 4.78 is 38.8. The molecule has 0 aliphatic carbocycles. The van der Waals surface area contributed by atoms with Gasteiger partial charge in [0.05, 0.1) is 24.8 Å². The molecule has 2 amide bonds. The summed E-state index contributed by atoms with van der Waals surface area (Å²) in [6.07, 6.45) is 1.35. The van der Waals surface area contributed by atoms with Crippen LogP contribution in [0.5, 0.6) is 11.5 Å². The molecule has 10 heteroatoms. The van der Waals surface area contributed by atoms with Gasteiger partial charge in [-0.05, 0) is 48.4 Å². The van der Waals surface area contributed by atoms with E-state index in [1.54, 1.807) is 35.2 Å². The van der Waals surface area contributed by atoms with Crippen molar-refractivity contribution < 1.29 is 27.5 Å². The molecule has 0 unspecified atom stereocenters. The monoisotopic (exact) mass is 523 g/mol. The number of nitrogens with zero attached hydrogens (tertiary/aromatic N) is 2. The highest BCUT2D eigenvalue weighted by molar-refractivity contribution is 7.92. The molecule has 1 fully saturated rings. The number of hydrogen-bond donors (Lipinski definition) is 1. The Hall–Kier alpha value is -4.05. The summed E-state index contributed by atoms with van der Waals surface area (Å²) in [6.45, 7) is 0.406. The lowest BCUT2D eigenvalue weighted by atomic mass is 10.2. The zero-order valence-electron chi connectivity index (χ0n) is 20.7. The van der Waals surface area contributed by atoms with Crippen molar-refractivity contribution in [2.45, 2.75) is 24.3 Å². The number of carbonyl (C=O) groups is 2. The summed E-state index contributed by atoms with van der Waals surface area (Å²) >= 11 is 0. The van der Waals surface area contributed by atoms with Crippen LogP contribution in [-0.4, -0.2) is 47.5 Å². The Balaban J connectivity index is 1.56. The maximum Gasteiger partial charge on any atom is 0.264 e. The van der Waals surface area contributed by atoms with Gasteiger partial charge in [-0.25, -0.2) is 8.42 Å². The van der Waals surface area contributed by atoms with Crippen molar-refractivity contribution in [2.24, 2.45) is 0 Å². The Morgan fingerprint density at radius 3 is 2.41 bits per heavy atom. The zero-order chi connectivity index (χ0) is 26.4. The summed E-state index contributed by atoms with van der Waals surface area (Å²) in [5.41, 5.74) is 1.84. The average Bonchev–Trinajstić information content (AvgIpc) is 3.36. The lowest BCUT2D eigenvalue weighted by Gasteiger charge is -2.25. The van der Waals surface area contributed by atoms with Gasteiger partial charge in [-0.1, -0.05) is 30.3 Å². The molecular weight excluding hydrogens is 494 g/mol. The van der Waals surface area contributed by atoms with E-state index in [2.05, 4.69) is 5.32 Å². The van der Waals surface area contributed by atoms with Crippen molar-refractivity contribution in [3.8, 4) is 11.5 Å². The highest BCUT2D eigenvalue weighted by atomic mass is 32.2. The largest absolute Gasteiger partial charge is 0.493 e. The predicted octanol–water partition coefficient (Wildman–Crippen LogP) is 3.34. The van der Waals surface area contributed by atoms with Crippen LogP contribution in [0.2, 0.25) is 0 Å². The minimum atomic E-state index is -4.07. The van der Waals surface area contributed by atoms with Crippen LogP contribution in [-0.2, 0) is 26.2 Å². The molecule has 1 heterocycles. The molecule has 1 aliphatic heterocycles. The van der Waals surface area contributed by atoms with Gasteiger partial charge in [0.15, 0.2) is 11.5 Å². The molecule has 3 aromatic rings. The number of rotatable bonds is 10. The number of methoxy groups -OCH3 is 2. The second-order valence-corrected chi connectivity index (χ2v) is 10.3. The zero-order valence-corrected chi connectivity index (χ0v) is 21.5. The Bertz CT molecular complexity index is 1380. The predicted molar refractivity (Wildman–Crippen MR) is 140 cm³/mol. The van der Waals surface area contributed by atoms with Gasteiger partial charge in [-0.3, -0.25) is 13.9 Å². The third-order valence-corrected chi connectivity index (χ3v) is 7.85. The molecule has 1 saturated heterocycles. The first-order chi connectivity index (χ1) is 17.8. The highest BCUT2D eigenvalue weighted by Gasteiger charge is 2.28. The summed E-state index contributed by atoms with van der Waals surface area (Å²) in [4.78, 5) is 26.9. The second kappa shape index (κ2) is 11.3. The summed E-state index contributed by atoms with van der Waals surface area (Å²) in [5, 5.41) is 2.80. The van der Waals surface area contributed by atoms with Crippen LogP contribution in [0.4, 0.5) is 11.4 Å². The fraction of sp³-hybridized carbons (Fsp3) is 0.259. The number of sulfonamides is 1. The minimum absolute atomic E-state index is 0.0561. The summed E-state index contributed by atoms with van der Waals surface area (Å²) in [5.74, 6) is 0.362. The lowest BCUT2D eigenvalue weighted by Crippen LogP contribution is -2.40. The SMILES string of the molecule is COc1ccc(N(CC(=O)NCc2cccc(N3CCCC3=O)c2)S(=O)(=O)c2ccccc2)cc1OC. The summed E-state index contributed by atoms with van der Waals surface area (Å²) in [7, 11) is -1.13. The van der Waals surface area contributed by atoms with Gasteiger partial charge in [0, 0.05) is 31.3 Å². The Labute approximate surface area is 216 Å². The molecule has 37 heavy (non-hydrogen) atoms. The van der Waals surface area contributed by atoms with Crippen LogP contribution in [0, 0.1) is 0 Å². The standard InChI is InChI=1S/C27H29N3O6S/c1-35-24-14-13-22(17-25(24)36-2)30(37(33,34)23-10-4-3-5-11-23)19-26(31)28-18-20-8-6-9-21(16-20)29-15-7-12-27(29)32/h3-6,8-11,13-14,16-17H,7,12,15,18-19H2,1-2H3,(H,28,31). The molecule has 1 aliphatic rings. The molecule has 0 bridgehead atoms. The second-order valence-electron chi connectivity index (χ2n) is 8.46. The topological polar surface area (TPSA) is 105 Å². The average molecular weight is 524 g/mol. The Kier molecular flexibility index (Phi) is 7.98. The molecule has 0 spiro atoms. The molecule has 9 nitrogen and oxygen atoms in total. The van der Waals surface area contributed by atoms with Gasteiger partial charge in [-0.2, -0.15) is 0 Å². The van der Waals surface area contributed by atoms with E-state index >= 15 is 0 Å². The smallest absolute Gasteiger partial charge is 0.264 e. The van der Waals surface area contributed by atoms with Crippen LogP contribution in [0.3, 0.4) is 0 Å². The van der Waals surface area contributed by atoms with Crippen molar-refractivity contribution in [1.29, 1.82) is 0 Å². The first-order valence-electron chi connectivity index (χ1n) is 11.8. The van der Waals surface area contributed by atoms with Gasteiger partial charge in [0.2, 0.25) is 11.8 Å². The fourth-order valence-electron chi connectivity index (χ4n) is 4.16. The molecule has 1 N–H and O–H groups in total. The van der Waals surface area contributed by atoms with Gasteiger partial charge in [0.25, 0.3) is 10.0 Å². The number of anilines is 2. The molecule has 0 aromatic heterocycles. The Morgan fingerprint density at radius 2 is 1.73 bits per heavy atom. The fourth-order valence-corrected chi connectivity index (χ4v) is 5.59. The number of amides is 2. The normalized spacial score (nSPS) is 13.4. The van der Waals surface area contributed by atoms with Crippen molar-refractivity contribution >= 4 is 33.2 Å². The van der Waals surface area contributed by atoms with E-state index in [-0.39, 0.29) is 23.0 Å². The van der Waals surface area contributed by atoms with E-state index < -0.39 is 22.5 Å². The van der Waals surface area contributed by atoms with Crippen molar-refractivity contribution in [1.82, 2.24) is 5.32 Å². The van der Waals surface area contributed by atoms with Crippen LogP contribution in [0.1, 0.15) is 18.4 Å². The number of benzene rings is 3. The minimum Gasteiger partial charge on any atom is -0.493 e. The van der Waals surface area contributed by atoms with Gasteiger partial charge in [0.1, 0.15) is 6.54 Å². The molecular formula is C27H29N3O6S. The molecule has 4 rings (SSSR count). The third-order valence-electron chi connectivity index (χ3n) is 6.06. The first kappa shape index (κ1) is 26.0. The third kappa shape index (κ3) is 5.86. The Morgan fingerprint density at radius 1 is 0.973 bits per heavy atom.